The Morgan fingerprint density at radius 3 is 2.38 bits per heavy atom. The van der Waals surface area contributed by atoms with E-state index in [4.69, 9.17) is 21.1 Å². The number of ether oxygens (including phenoxy) is 2. The van der Waals surface area contributed by atoms with Crippen molar-refractivity contribution in [2.45, 2.75) is 26.3 Å². The van der Waals surface area contributed by atoms with Crippen molar-refractivity contribution in [3.05, 3.63) is 47.2 Å². The summed E-state index contributed by atoms with van der Waals surface area (Å²) in [4.78, 5) is 21.0. The molecule has 0 spiro atoms. The molecule has 0 radical (unpaired) electrons. The number of hydrogen-bond acceptors (Lipinski definition) is 6. The average molecular weight is 415 g/mol. The second-order valence-electron chi connectivity index (χ2n) is 7.48. The maximum Gasteiger partial charge on any atom is 0.251 e. The van der Waals surface area contributed by atoms with Gasteiger partial charge in [-0.15, -0.1) is 0 Å². The molecule has 0 saturated carbocycles. The number of anilines is 2. The summed E-state index contributed by atoms with van der Waals surface area (Å²) in [7, 11) is 3.12. The third kappa shape index (κ3) is 4.86. The second-order valence-corrected chi connectivity index (χ2v) is 7.81. The van der Waals surface area contributed by atoms with Gasteiger partial charge in [-0.3, -0.25) is 4.79 Å². The third-order valence-electron chi connectivity index (χ3n) is 4.05. The summed E-state index contributed by atoms with van der Waals surface area (Å²) in [6.45, 7) is 5.80. The number of carbonyl (C=O) groups excluding carboxylic acids is 1. The van der Waals surface area contributed by atoms with Gasteiger partial charge in [-0.05, 0) is 56.6 Å². The fraction of sp³-hybridized carbons (Fsp3) is 0.286. The van der Waals surface area contributed by atoms with Crippen LogP contribution in [-0.4, -0.2) is 35.6 Å². The lowest BCUT2D eigenvalue weighted by Crippen LogP contribution is -2.40. The van der Waals surface area contributed by atoms with Gasteiger partial charge in [-0.25, -0.2) is 4.98 Å². The SMILES string of the molecule is COc1cc2nc(Cl)nc(Nc3cccc(C(=O)NC(C)(C)C)c3)c2cc1OC. The van der Waals surface area contributed by atoms with Crippen LogP contribution >= 0.6 is 11.6 Å². The quantitative estimate of drug-likeness (QED) is 0.595. The molecule has 0 fully saturated rings. The number of benzene rings is 2. The van der Waals surface area contributed by atoms with Crippen molar-refractivity contribution in [1.29, 1.82) is 0 Å². The Hall–Kier alpha value is -3.06. The highest BCUT2D eigenvalue weighted by Crippen LogP contribution is 2.35. The number of amides is 1. The zero-order chi connectivity index (χ0) is 21.2. The molecule has 2 aromatic carbocycles. The van der Waals surface area contributed by atoms with Crippen LogP contribution in [0.25, 0.3) is 10.9 Å². The first-order valence-electron chi connectivity index (χ1n) is 8.99. The first-order chi connectivity index (χ1) is 13.7. The van der Waals surface area contributed by atoms with E-state index in [0.29, 0.717) is 39.5 Å². The molecular formula is C21H23ClN4O3. The van der Waals surface area contributed by atoms with Crippen molar-refractivity contribution in [2.24, 2.45) is 0 Å². The van der Waals surface area contributed by atoms with Crippen LogP contribution in [0.2, 0.25) is 5.28 Å². The summed E-state index contributed by atoms with van der Waals surface area (Å²) in [5.74, 6) is 1.43. The zero-order valence-corrected chi connectivity index (χ0v) is 17.7. The molecule has 1 heterocycles. The van der Waals surface area contributed by atoms with Crippen LogP contribution in [0.15, 0.2) is 36.4 Å². The summed E-state index contributed by atoms with van der Waals surface area (Å²) >= 11 is 6.12. The third-order valence-corrected chi connectivity index (χ3v) is 4.22. The first kappa shape index (κ1) is 20.7. The van der Waals surface area contributed by atoms with Gasteiger partial charge >= 0.3 is 0 Å². The molecule has 0 bridgehead atoms. The van der Waals surface area contributed by atoms with E-state index in [2.05, 4.69) is 20.6 Å². The number of nitrogens with zero attached hydrogens (tertiary/aromatic N) is 2. The number of rotatable bonds is 5. The minimum Gasteiger partial charge on any atom is -0.493 e. The molecule has 2 N–H and O–H groups in total. The summed E-state index contributed by atoms with van der Waals surface area (Å²) in [6.07, 6.45) is 0. The Morgan fingerprint density at radius 2 is 1.72 bits per heavy atom. The van der Waals surface area contributed by atoms with Crippen molar-refractivity contribution < 1.29 is 14.3 Å². The molecule has 1 aromatic heterocycles. The van der Waals surface area contributed by atoms with Crippen LogP contribution in [0.4, 0.5) is 11.5 Å². The van der Waals surface area contributed by atoms with E-state index in [1.807, 2.05) is 26.8 Å². The second kappa shape index (κ2) is 8.13. The molecule has 8 heteroatoms. The minimum atomic E-state index is -0.327. The van der Waals surface area contributed by atoms with E-state index < -0.39 is 0 Å². The van der Waals surface area contributed by atoms with Crippen LogP contribution in [0, 0.1) is 0 Å². The van der Waals surface area contributed by atoms with E-state index in [9.17, 15) is 4.79 Å². The van der Waals surface area contributed by atoms with Crippen LogP contribution < -0.4 is 20.1 Å². The smallest absolute Gasteiger partial charge is 0.251 e. The number of carbonyl (C=O) groups is 1. The molecule has 29 heavy (non-hydrogen) atoms. The number of methoxy groups -OCH3 is 2. The molecule has 0 aliphatic heterocycles. The summed E-state index contributed by atoms with van der Waals surface area (Å²) in [5, 5.41) is 6.97. The standard InChI is InChI=1S/C21H23ClN4O3/c1-21(2,3)26-19(27)12-7-6-8-13(9-12)23-18-14-10-16(28-4)17(29-5)11-15(14)24-20(22)25-18/h6-11H,1-5H3,(H,26,27)(H,23,24,25). The summed E-state index contributed by atoms with van der Waals surface area (Å²) < 4.78 is 10.7. The van der Waals surface area contributed by atoms with E-state index in [0.717, 1.165) is 0 Å². The highest BCUT2D eigenvalue weighted by atomic mass is 35.5. The van der Waals surface area contributed by atoms with E-state index >= 15 is 0 Å². The Labute approximate surface area is 174 Å². The lowest BCUT2D eigenvalue weighted by molar-refractivity contribution is 0.0919. The van der Waals surface area contributed by atoms with Crippen molar-refractivity contribution in [2.75, 3.05) is 19.5 Å². The molecule has 3 aromatic rings. The highest BCUT2D eigenvalue weighted by molar-refractivity contribution is 6.28. The maximum atomic E-state index is 12.5. The van der Waals surface area contributed by atoms with Crippen LogP contribution in [0.1, 0.15) is 31.1 Å². The van der Waals surface area contributed by atoms with Gasteiger partial charge in [-0.1, -0.05) is 6.07 Å². The maximum absolute atomic E-state index is 12.5. The molecule has 0 aliphatic carbocycles. The van der Waals surface area contributed by atoms with Crippen LogP contribution in [0.5, 0.6) is 11.5 Å². The first-order valence-corrected chi connectivity index (χ1v) is 9.37. The minimum absolute atomic E-state index is 0.0915. The molecule has 152 valence electrons. The van der Waals surface area contributed by atoms with Gasteiger partial charge in [0, 0.05) is 28.2 Å². The number of hydrogen-bond donors (Lipinski definition) is 2. The summed E-state index contributed by atoms with van der Waals surface area (Å²) in [5.41, 5.74) is 1.50. The van der Waals surface area contributed by atoms with Gasteiger partial charge in [0.15, 0.2) is 11.5 Å². The highest BCUT2D eigenvalue weighted by Gasteiger charge is 2.16. The molecule has 0 unspecified atom stereocenters. The van der Waals surface area contributed by atoms with Crippen LogP contribution in [0.3, 0.4) is 0 Å². The normalized spacial score (nSPS) is 11.2. The topological polar surface area (TPSA) is 85.4 Å². The zero-order valence-electron chi connectivity index (χ0n) is 17.0. The molecule has 7 nitrogen and oxygen atoms in total. The van der Waals surface area contributed by atoms with Gasteiger partial charge in [-0.2, -0.15) is 4.98 Å². The lowest BCUT2D eigenvalue weighted by Gasteiger charge is -2.20. The fourth-order valence-corrected chi connectivity index (χ4v) is 2.99. The Bertz CT molecular complexity index is 1060. The Kier molecular flexibility index (Phi) is 5.79. The predicted octanol–water partition coefficient (Wildman–Crippen LogP) is 4.57. The van der Waals surface area contributed by atoms with Gasteiger partial charge < -0.3 is 20.1 Å². The van der Waals surface area contributed by atoms with Crippen molar-refractivity contribution >= 4 is 39.9 Å². The van der Waals surface area contributed by atoms with E-state index in [-0.39, 0.29) is 16.7 Å². The van der Waals surface area contributed by atoms with Crippen molar-refractivity contribution in [3.8, 4) is 11.5 Å². The number of fused-ring (bicyclic) bond motifs is 1. The summed E-state index contributed by atoms with van der Waals surface area (Å²) in [6, 6.07) is 10.7. The van der Waals surface area contributed by atoms with Gasteiger partial charge in [0.25, 0.3) is 5.91 Å². The van der Waals surface area contributed by atoms with Gasteiger partial charge in [0.2, 0.25) is 5.28 Å². The predicted molar refractivity (Wildman–Crippen MR) is 115 cm³/mol. The molecule has 1 amide bonds. The van der Waals surface area contributed by atoms with Gasteiger partial charge in [0.05, 0.1) is 19.7 Å². The van der Waals surface area contributed by atoms with E-state index in [1.165, 1.54) is 0 Å². The van der Waals surface area contributed by atoms with Gasteiger partial charge in [0.1, 0.15) is 5.82 Å². The molecule has 0 saturated heterocycles. The number of halogens is 1. The molecule has 3 rings (SSSR count). The molecule has 0 atom stereocenters. The lowest BCUT2D eigenvalue weighted by atomic mass is 10.1. The van der Waals surface area contributed by atoms with Crippen molar-refractivity contribution in [1.82, 2.24) is 15.3 Å². The Morgan fingerprint density at radius 1 is 1.03 bits per heavy atom. The monoisotopic (exact) mass is 414 g/mol. The average Bonchev–Trinajstić information content (AvgIpc) is 2.65. The Balaban J connectivity index is 2.00. The van der Waals surface area contributed by atoms with E-state index in [1.54, 1.807) is 44.6 Å². The number of nitrogens with one attached hydrogen (secondary N) is 2. The molecule has 0 aliphatic rings. The van der Waals surface area contributed by atoms with Crippen LogP contribution in [-0.2, 0) is 0 Å². The number of aromatic nitrogens is 2. The fourth-order valence-electron chi connectivity index (χ4n) is 2.81. The van der Waals surface area contributed by atoms with Crippen molar-refractivity contribution in [3.63, 3.8) is 0 Å². The molecular weight excluding hydrogens is 392 g/mol. The largest absolute Gasteiger partial charge is 0.493 e.